The minimum Gasteiger partial charge on any atom is -0.495 e. The zero-order chi connectivity index (χ0) is 29.3. The van der Waals surface area contributed by atoms with Crippen LogP contribution in [-0.4, -0.2) is 51.4 Å². The van der Waals surface area contributed by atoms with Gasteiger partial charge in [-0.3, -0.25) is 13.9 Å². The molecule has 0 unspecified atom stereocenters. The number of amides is 2. The number of nitrogens with zero attached hydrogens (tertiary/aromatic N) is 2. The van der Waals surface area contributed by atoms with Crippen LogP contribution in [0.15, 0.2) is 82.2 Å². The molecule has 0 aliphatic rings. The predicted molar refractivity (Wildman–Crippen MR) is 161 cm³/mol. The van der Waals surface area contributed by atoms with Crippen LogP contribution in [0.5, 0.6) is 5.75 Å². The number of ether oxygens (including phenoxy) is 1. The van der Waals surface area contributed by atoms with E-state index in [4.69, 9.17) is 16.3 Å². The first-order valence-electron chi connectivity index (χ1n) is 12.8. The van der Waals surface area contributed by atoms with Crippen molar-refractivity contribution in [2.24, 2.45) is 0 Å². The fourth-order valence-corrected chi connectivity index (χ4v) is 6.09. The van der Waals surface area contributed by atoms with Gasteiger partial charge >= 0.3 is 0 Å². The molecular formula is C29H33BrClN3O5S. The van der Waals surface area contributed by atoms with Crippen molar-refractivity contribution in [3.8, 4) is 5.75 Å². The van der Waals surface area contributed by atoms with Crippen LogP contribution >= 0.6 is 27.5 Å². The summed E-state index contributed by atoms with van der Waals surface area (Å²) in [5.74, 6) is -0.671. The fourth-order valence-electron chi connectivity index (χ4n) is 4.04. The molecule has 2 amide bonds. The van der Waals surface area contributed by atoms with Crippen LogP contribution in [0.25, 0.3) is 0 Å². The Bertz CT molecular complexity index is 1420. The highest BCUT2D eigenvalue weighted by atomic mass is 79.9. The highest BCUT2D eigenvalue weighted by Gasteiger charge is 2.34. The van der Waals surface area contributed by atoms with Crippen molar-refractivity contribution in [1.29, 1.82) is 0 Å². The van der Waals surface area contributed by atoms with E-state index in [2.05, 4.69) is 21.2 Å². The molecule has 3 aromatic rings. The third-order valence-electron chi connectivity index (χ3n) is 6.26. The molecule has 0 bridgehead atoms. The summed E-state index contributed by atoms with van der Waals surface area (Å²) in [6, 6.07) is 18.9. The molecule has 0 saturated carbocycles. The van der Waals surface area contributed by atoms with Gasteiger partial charge in [0.25, 0.3) is 10.0 Å². The molecule has 40 heavy (non-hydrogen) atoms. The van der Waals surface area contributed by atoms with Crippen LogP contribution in [0.1, 0.15) is 32.3 Å². The molecule has 0 saturated heterocycles. The molecular weight excluding hydrogens is 618 g/mol. The lowest BCUT2D eigenvalue weighted by Gasteiger charge is -2.32. The van der Waals surface area contributed by atoms with Crippen molar-refractivity contribution in [1.82, 2.24) is 10.2 Å². The second kappa shape index (κ2) is 14.5. The Balaban J connectivity index is 2.06. The highest BCUT2D eigenvalue weighted by molar-refractivity contribution is 9.10. The standard InChI is InChI=1S/C29H33BrClN3O5S/c1-4-5-16-32-29(36)21(2)33(19-22-10-9-11-23(30)17-22)28(35)20-34(26-18-24(31)14-15-27(26)39-3)40(37,38)25-12-7-6-8-13-25/h6-15,17-18,21H,4-5,16,19-20H2,1-3H3,(H,32,36)/t21-/m0/s1. The monoisotopic (exact) mass is 649 g/mol. The molecule has 3 aromatic carbocycles. The van der Waals surface area contributed by atoms with Crippen LogP contribution in [0.4, 0.5) is 5.69 Å². The van der Waals surface area contributed by atoms with E-state index in [-0.39, 0.29) is 33.8 Å². The van der Waals surface area contributed by atoms with Gasteiger partial charge in [0.1, 0.15) is 18.3 Å². The van der Waals surface area contributed by atoms with Gasteiger partial charge in [0, 0.05) is 22.6 Å². The first kappa shape index (κ1) is 31.4. The average molecular weight is 651 g/mol. The number of methoxy groups -OCH3 is 1. The minimum absolute atomic E-state index is 0.00581. The number of anilines is 1. The fraction of sp³-hybridized carbons (Fsp3) is 0.310. The maximum Gasteiger partial charge on any atom is 0.264 e. The lowest BCUT2D eigenvalue weighted by Crippen LogP contribution is -2.51. The third kappa shape index (κ3) is 7.99. The lowest BCUT2D eigenvalue weighted by atomic mass is 10.1. The Morgan fingerprint density at radius 2 is 1.77 bits per heavy atom. The Morgan fingerprint density at radius 1 is 1.05 bits per heavy atom. The maximum absolute atomic E-state index is 14.0. The second-order valence-electron chi connectivity index (χ2n) is 9.11. The number of carbonyl (C=O) groups excluding carboxylic acids is 2. The van der Waals surface area contributed by atoms with E-state index in [1.54, 1.807) is 37.3 Å². The Kier molecular flexibility index (Phi) is 11.4. The van der Waals surface area contributed by atoms with Crippen molar-refractivity contribution < 1.29 is 22.7 Å². The molecule has 0 aliphatic carbocycles. The second-order valence-corrected chi connectivity index (χ2v) is 12.3. The molecule has 214 valence electrons. The molecule has 1 N–H and O–H groups in total. The van der Waals surface area contributed by atoms with Crippen LogP contribution in [-0.2, 0) is 26.2 Å². The topological polar surface area (TPSA) is 96.0 Å². The summed E-state index contributed by atoms with van der Waals surface area (Å²) in [5, 5.41) is 3.14. The Morgan fingerprint density at radius 3 is 2.42 bits per heavy atom. The normalized spacial score (nSPS) is 11.9. The summed E-state index contributed by atoms with van der Waals surface area (Å²) < 4.78 is 35.1. The van der Waals surface area contributed by atoms with Gasteiger partial charge in [-0.2, -0.15) is 0 Å². The number of benzene rings is 3. The minimum atomic E-state index is -4.24. The van der Waals surface area contributed by atoms with E-state index in [1.807, 2.05) is 31.2 Å². The van der Waals surface area contributed by atoms with Gasteiger partial charge in [0.05, 0.1) is 17.7 Å². The van der Waals surface area contributed by atoms with Gasteiger partial charge < -0.3 is 15.0 Å². The average Bonchev–Trinajstić information content (AvgIpc) is 2.94. The summed E-state index contributed by atoms with van der Waals surface area (Å²) >= 11 is 9.70. The zero-order valence-electron chi connectivity index (χ0n) is 22.6. The molecule has 0 heterocycles. The summed E-state index contributed by atoms with van der Waals surface area (Å²) in [7, 11) is -2.83. The molecule has 1 atom stereocenters. The van der Waals surface area contributed by atoms with Crippen molar-refractivity contribution in [3.05, 3.63) is 87.9 Å². The lowest BCUT2D eigenvalue weighted by molar-refractivity contribution is -0.139. The summed E-state index contributed by atoms with van der Waals surface area (Å²) in [6.07, 6.45) is 1.71. The van der Waals surface area contributed by atoms with E-state index in [0.29, 0.717) is 6.54 Å². The highest BCUT2D eigenvalue weighted by Crippen LogP contribution is 2.35. The van der Waals surface area contributed by atoms with Crippen LogP contribution in [0.3, 0.4) is 0 Å². The Hall–Kier alpha value is -3.08. The number of carbonyl (C=O) groups is 2. The molecule has 0 radical (unpaired) electrons. The third-order valence-corrected chi connectivity index (χ3v) is 8.76. The SMILES string of the molecule is CCCCNC(=O)[C@H](C)N(Cc1cccc(Br)c1)C(=O)CN(c1cc(Cl)ccc1OC)S(=O)(=O)c1ccccc1. The van der Waals surface area contributed by atoms with Crippen molar-refractivity contribution >= 4 is 55.1 Å². The number of nitrogens with one attached hydrogen (secondary N) is 1. The molecule has 0 spiro atoms. The Labute approximate surface area is 249 Å². The van der Waals surface area contributed by atoms with Gasteiger partial charge in [-0.15, -0.1) is 0 Å². The first-order chi connectivity index (χ1) is 19.1. The molecule has 0 aliphatic heterocycles. The van der Waals surface area contributed by atoms with Gasteiger partial charge in [0.2, 0.25) is 11.8 Å². The quantitative estimate of drug-likeness (QED) is 0.242. The number of sulfonamides is 1. The predicted octanol–water partition coefficient (Wildman–Crippen LogP) is 5.64. The van der Waals surface area contributed by atoms with Crippen LogP contribution in [0.2, 0.25) is 5.02 Å². The first-order valence-corrected chi connectivity index (χ1v) is 15.4. The summed E-state index contributed by atoms with van der Waals surface area (Å²) in [6.45, 7) is 3.63. The van der Waals surface area contributed by atoms with Gasteiger partial charge in [0.15, 0.2) is 0 Å². The van der Waals surface area contributed by atoms with Crippen LogP contribution in [0, 0.1) is 0 Å². The number of unbranched alkanes of at least 4 members (excludes halogenated alkanes) is 1. The van der Waals surface area contributed by atoms with Crippen molar-refractivity contribution in [3.63, 3.8) is 0 Å². The van der Waals surface area contributed by atoms with E-state index in [9.17, 15) is 18.0 Å². The summed E-state index contributed by atoms with van der Waals surface area (Å²) in [5.41, 5.74) is 0.878. The van der Waals surface area contributed by atoms with E-state index in [0.717, 1.165) is 27.2 Å². The van der Waals surface area contributed by atoms with E-state index < -0.39 is 28.5 Å². The number of hydrogen-bond acceptors (Lipinski definition) is 5. The van der Waals surface area contributed by atoms with Crippen molar-refractivity contribution in [2.45, 2.75) is 44.2 Å². The molecule has 11 heteroatoms. The zero-order valence-corrected chi connectivity index (χ0v) is 25.8. The van der Waals surface area contributed by atoms with E-state index >= 15 is 0 Å². The largest absolute Gasteiger partial charge is 0.495 e. The number of halogens is 2. The van der Waals surface area contributed by atoms with Crippen molar-refractivity contribution in [2.75, 3.05) is 24.5 Å². The van der Waals surface area contributed by atoms with Gasteiger partial charge in [-0.1, -0.05) is 71.2 Å². The maximum atomic E-state index is 14.0. The smallest absolute Gasteiger partial charge is 0.264 e. The number of rotatable bonds is 13. The van der Waals surface area contributed by atoms with E-state index in [1.165, 1.54) is 30.2 Å². The molecule has 3 rings (SSSR count). The van der Waals surface area contributed by atoms with Gasteiger partial charge in [-0.25, -0.2) is 8.42 Å². The molecule has 0 aromatic heterocycles. The molecule has 8 nitrogen and oxygen atoms in total. The molecule has 0 fully saturated rings. The van der Waals surface area contributed by atoms with Gasteiger partial charge in [-0.05, 0) is 61.4 Å². The number of hydrogen-bond donors (Lipinski definition) is 1. The van der Waals surface area contributed by atoms with Crippen LogP contribution < -0.4 is 14.4 Å². The summed E-state index contributed by atoms with van der Waals surface area (Å²) in [4.78, 5) is 28.4.